The van der Waals surface area contributed by atoms with Gasteiger partial charge in [-0.05, 0) is 58.8 Å². The van der Waals surface area contributed by atoms with Gasteiger partial charge in [0.05, 0.1) is 20.5 Å². The first-order valence-corrected chi connectivity index (χ1v) is 9.02. The Bertz CT molecular complexity index is 1090. The molecule has 0 unspecified atom stereocenters. The zero-order valence-corrected chi connectivity index (χ0v) is 14.8. The van der Waals surface area contributed by atoms with Crippen LogP contribution in [0.5, 0.6) is 0 Å². The fourth-order valence-electron chi connectivity index (χ4n) is 3.87. The van der Waals surface area contributed by atoms with E-state index in [4.69, 9.17) is 0 Å². The van der Waals surface area contributed by atoms with Crippen LogP contribution in [0.15, 0.2) is 46.3 Å². The smallest absolute Gasteiger partial charge is 0.0611 e. The van der Waals surface area contributed by atoms with E-state index in [9.17, 15) is 0 Å². The summed E-state index contributed by atoms with van der Waals surface area (Å²) in [7, 11) is 0. The lowest BCUT2D eigenvalue weighted by Gasteiger charge is -2.28. The second-order valence-corrected chi connectivity index (χ2v) is 9.45. The molecule has 0 aliphatic carbocycles. The van der Waals surface area contributed by atoms with Gasteiger partial charge in [-0.2, -0.15) is 0 Å². The molecule has 0 radical (unpaired) electrons. The van der Waals surface area contributed by atoms with E-state index in [2.05, 4.69) is 82.7 Å². The van der Waals surface area contributed by atoms with Crippen LogP contribution >= 0.6 is 27.7 Å². The third kappa shape index (κ3) is 1.51. The molecule has 0 saturated carbocycles. The molecule has 1 nitrogen and oxygen atoms in total. The van der Waals surface area contributed by atoms with Gasteiger partial charge in [0.1, 0.15) is 0 Å². The van der Waals surface area contributed by atoms with Crippen molar-refractivity contribution in [3.05, 3.63) is 57.5 Å². The first kappa shape index (κ1) is 13.0. The van der Waals surface area contributed by atoms with Crippen LogP contribution in [0.2, 0.25) is 0 Å². The minimum atomic E-state index is 0.0577. The Kier molecular flexibility index (Phi) is 2.42. The predicted molar refractivity (Wildman–Crippen MR) is 101 cm³/mol. The number of hydrogen-bond acceptors (Lipinski definition) is 1. The molecule has 5 rings (SSSR count). The minimum Gasteiger partial charge on any atom is -0.308 e. The SMILES string of the molecule is CC1(C)SC(Br)=Cc2c1c1cccc3cc4cccc4n2c31. The summed E-state index contributed by atoms with van der Waals surface area (Å²) >= 11 is 5.61. The first-order valence-electron chi connectivity index (χ1n) is 7.41. The lowest BCUT2D eigenvalue weighted by Crippen LogP contribution is -2.15. The van der Waals surface area contributed by atoms with Crippen molar-refractivity contribution in [2.45, 2.75) is 18.6 Å². The summed E-state index contributed by atoms with van der Waals surface area (Å²) in [5, 5.41) is 4.00. The topological polar surface area (TPSA) is 4.41 Å². The molecule has 0 saturated heterocycles. The Hall–Kier alpha value is -1.45. The van der Waals surface area contributed by atoms with Crippen LogP contribution in [0.1, 0.15) is 25.1 Å². The number of fused-ring (bicyclic) bond motifs is 5. The number of thioether (sulfide) groups is 1. The van der Waals surface area contributed by atoms with E-state index in [-0.39, 0.29) is 4.75 Å². The molecule has 1 aliphatic rings. The second kappa shape index (κ2) is 4.09. The zero-order valence-electron chi connectivity index (χ0n) is 12.4. The zero-order chi connectivity index (χ0) is 15.1. The number of para-hydroxylation sites is 1. The summed E-state index contributed by atoms with van der Waals surface area (Å²) in [6.07, 6.45) is 2.27. The molecule has 1 aliphatic heterocycles. The fourth-order valence-corrected chi connectivity index (χ4v) is 6.27. The maximum Gasteiger partial charge on any atom is 0.0611 e. The first-order chi connectivity index (χ1) is 10.6. The van der Waals surface area contributed by atoms with Gasteiger partial charge in [0, 0.05) is 15.7 Å². The lowest BCUT2D eigenvalue weighted by molar-refractivity contribution is 0.788. The third-order valence-corrected chi connectivity index (χ3v) is 6.38. The summed E-state index contributed by atoms with van der Waals surface area (Å²) in [5.74, 6) is 0. The molecule has 0 amide bonds. The van der Waals surface area contributed by atoms with Crippen molar-refractivity contribution in [2.24, 2.45) is 0 Å². The van der Waals surface area contributed by atoms with Crippen LogP contribution in [0.3, 0.4) is 0 Å². The Morgan fingerprint density at radius 2 is 1.82 bits per heavy atom. The van der Waals surface area contributed by atoms with Crippen molar-refractivity contribution in [3.63, 3.8) is 0 Å². The molecule has 0 atom stereocenters. The van der Waals surface area contributed by atoms with Crippen molar-refractivity contribution < 1.29 is 0 Å². The maximum atomic E-state index is 3.72. The molecule has 3 heteroatoms. The van der Waals surface area contributed by atoms with Gasteiger partial charge in [0.15, 0.2) is 0 Å². The van der Waals surface area contributed by atoms with E-state index in [1.807, 2.05) is 11.8 Å². The van der Waals surface area contributed by atoms with Crippen LogP contribution in [0, 0.1) is 0 Å². The van der Waals surface area contributed by atoms with Gasteiger partial charge in [-0.15, -0.1) is 11.8 Å². The largest absolute Gasteiger partial charge is 0.308 e. The highest BCUT2D eigenvalue weighted by molar-refractivity contribution is 9.14. The average Bonchev–Trinajstić information content (AvgIpc) is 3.02. The Balaban J connectivity index is 2.16. The van der Waals surface area contributed by atoms with Gasteiger partial charge in [0.2, 0.25) is 0 Å². The second-order valence-electron chi connectivity index (χ2n) is 6.41. The molecule has 3 heterocycles. The van der Waals surface area contributed by atoms with E-state index in [0.29, 0.717) is 0 Å². The van der Waals surface area contributed by atoms with E-state index in [0.717, 1.165) is 0 Å². The van der Waals surface area contributed by atoms with Gasteiger partial charge < -0.3 is 4.40 Å². The normalized spacial score (nSPS) is 17.3. The van der Waals surface area contributed by atoms with Crippen LogP contribution in [0.4, 0.5) is 0 Å². The number of pyridine rings is 1. The van der Waals surface area contributed by atoms with Gasteiger partial charge in [-0.3, -0.25) is 0 Å². The summed E-state index contributed by atoms with van der Waals surface area (Å²) < 4.78 is 3.70. The molecule has 4 aromatic rings. The van der Waals surface area contributed by atoms with Crippen LogP contribution in [0.25, 0.3) is 33.3 Å². The summed E-state index contributed by atoms with van der Waals surface area (Å²) in [6.45, 7) is 4.63. The van der Waals surface area contributed by atoms with E-state index in [1.165, 1.54) is 42.3 Å². The molecule has 0 spiro atoms. The maximum absolute atomic E-state index is 3.72. The minimum absolute atomic E-state index is 0.0577. The van der Waals surface area contributed by atoms with Gasteiger partial charge in [-0.25, -0.2) is 0 Å². The van der Waals surface area contributed by atoms with Crippen LogP contribution in [-0.4, -0.2) is 4.40 Å². The van der Waals surface area contributed by atoms with Gasteiger partial charge >= 0.3 is 0 Å². The van der Waals surface area contributed by atoms with E-state index < -0.39 is 0 Å². The highest BCUT2D eigenvalue weighted by Gasteiger charge is 2.34. The highest BCUT2D eigenvalue weighted by Crippen LogP contribution is 2.52. The monoisotopic (exact) mass is 367 g/mol. The molecule has 0 fully saturated rings. The quantitative estimate of drug-likeness (QED) is 0.349. The van der Waals surface area contributed by atoms with Crippen molar-refractivity contribution in [1.29, 1.82) is 0 Å². The Morgan fingerprint density at radius 1 is 1.05 bits per heavy atom. The molecule has 0 N–H and O–H groups in total. The Morgan fingerprint density at radius 3 is 2.68 bits per heavy atom. The summed E-state index contributed by atoms with van der Waals surface area (Å²) in [5.41, 5.74) is 5.40. The van der Waals surface area contributed by atoms with Crippen molar-refractivity contribution >= 4 is 61.0 Å². The van der Waals surface area contributed by atoms with Crippen molar-refractivity contribution in [2.75, 3.05) is 0 Å². The molecular weight excluding hydrogens is 354 g/mol. The third-order valence-electron chi connectivity index (χ3n) is 4.64. The van der Waals surface area contributed by atoms with Crippen LogP contribution in [-0.2, 0) is 4.75 Å². The number of halogens is 1. The predicted octanol–water partition coefficient (Wildman–Crippen LogP) is 6.36. The van der Waals surface area contributed by atoms with Crippen molar-refractivity contribution in [3.8, 4) is 0 Å². The highest BCUT2D eigenvalue weighted by atomic mass is 79.9. The molecule has 108 valence electrons. The molecule has 2 aromatic heterocycles. The fraction of sp³-hybridized carbons (Fsp3) is 0.158. The molecular formula is C19H14BrNS. The molecule has 0 bridgehead atoms. The lowest BCUT2D eigenvalue weighted by atomic mass is 9.97. The number of benzene rings is 1. The molecule has 2 aromatic carbocycles. The average molecular weight is 368 g/mol. The Labute approximate surface area is 141 Å². The summed E-state index contributed by atoms with van der Waals surface area (Å²) in [6, 6.07) is 15.5. The van der Waals surface area contributed by atoms with Crippen LogP contribution < -0.4 is 0 Å². The standard InChI is InChI=1S/C19H14BrNS/c1-19(2)17-13-7-3-6-12-9-11-5-4-8-14(11)21(18(12)13)15(17)10-16(20)22-19/h3-10H,1-2H3. The number of hydrogen-bond donors (Lipinski definition) is 0. The van der Waals surface area contributed by atoms with Crippen molar-refractivity contribution in [1.82, 2.24) is 4.40 Å². The molecule has 22 heavy (non-hydrogen) atoms. The number of rotatable bonds is 0. The van der Waals surface area contributed by atoms with Gasteiger partial charge in [0.25, 0.3) is 0 Å². The number of aromatic nitrogens is 1. The van der Waals surface area contributed by atoms with Gasteiger partial charge in [-0.1, -0.05) is 30.3 Å². The summed E-state index contributed by atoms with van der Waals surface area (Å²) in [4.78, 5) is 0. The number of nitrogens with zero attached hydrogens (tertiary/aromatic N) is 1. The van der Waals surface area contributed by atoms with E-state index >= 15 is 0 Å². The van der Waals surface area contributed by atoms with E-state index in [1.54, 1.807) is 0 Å².